The molecule has 0 radical (unpaired) electrons. The fourth-order valence-electron chi connectivity index (χ4n) is 1.56. The Balaban J connectivity index is 4.48. The molecule has 0 saturated carbocycles. The molecule has 2 nitrogen and oxygen atoms in total. The summed E-state index contributed by atoms with van der Waals surface area (Å²) in [5.41, 5.74) is 0.0288. The van der Waals surface area contributed by atoms with Crippen molar-refractivity contribution >= 4 is 28.2 Å². The van der Waals surface area contributed by atoms with Crippen LogP contribution in [-0.4, -0.2) is 26.9 Å². The number of isothiocyanates is 1. The van der Waals surface area contributed by atoms with Crippen molar-refractivity contribution in [2.45, 2.75) is 38.9 Å². The Kier molecular flexibility index (Phi) is 5.13. The summed E-state index contributed by atoms with van der Waals surface area (Å²) >= 11 is 4.54. The molecule has 0 N–H and O–H groups in total. The average Bonchev–Trinajstić information content (AvgIpc) is 1.99. The molecule has 0 aliphatic heterocycles. The number of rotatable bonds is 5. The second-order valence-corrected chi connectivity index (χ2v) is 7.16. The van der Waals surface area contributed by atoms with Crippen LogP contribution in [0.4, 0.5) is 0 Å². The van der Waals surface area contributed by atoms with Gasteiger partial charge in [-0.3, -0.25) is 4.21 Å². The van der Waals surface area contributed by atoms with Crippen molar-refractivity contribution in [2.75, 3.05) is 12.8 Å². The van der Waals surface area contributed by atoms with Crippen LogP contribution in [0.5, 0.6) is 0 Å². The Morgan fingerprint density at radius 3 is 2.21 bits per heavy atom. The molecule has 0 aromatic rings. The maximum Gasteiger partial charge on any atom is 0.0585 e. The van der Waals surface area contributed by atoms with Gasteiger partial charge in [0.1, 0.15) is 0 Å². The van der Waals surface area contributed by atoms with Crippen molar-refractivity contribution in [1.82, 2.24) is 0 Å². The zero-order valence-electron chi connectivity index (χ0n) is 9.59. The monoisotopic (exact) mass is 233 g/mol. The number of aliphatic imine (C=N–C) groups is 1. The average molecular weight is 233 g/mol. The van der Waals surface area contributed by atoms with Crippen LogP contribution in [0.2, 0.25) is 0 Å². The van der Waals surface area contributed by atoms with Gasteiger partial charge in [-0.1, -0.05) is 13.8 Å². The molecule has 0 amide bonds. The van der Waals surface area contributed by atoms with Gasteiger partial charge in [0, 0.05) is 21.8 Å². The third-order valence-electron chi connectivity index (χ3n) is 2.25. The van der Waals surface area contributed by atoms with Crippen LogP contribution in [0.25, 0.3) is 0 Å². The van der Waals surface area contributed by atoms with E-state index in [0.717, 1.165) is 6.42 Å². The molecule has 1 atom stereocenters. The largest absolute Gasteiger partial charge is 0.259 e. The number of hydrogen-bond acceptors (Lipinski definition) is 3. The minimum atomic E-state index is -0.816. The highest BCUT2D eigenvalue weighted by molar-refractivity contribution is 7.85. The Morgan fingerprint density at radius 2 is 1.86 bits per heavy atom. The fraction of sp³-hybridized carbons (Fsp3) is 0.900. The fourth-order valence-corrected chi connectivity index (χ4v) is 2.21. The van der Waals surface area contributed by atoms with E-state index in [1.54, 1.807) is 6.26 Å². The van der Waals surface area contributed by atoms with Crippen molar-refractivity contribution in [1.29, 1.82) is 0 Å². The van der Waals surface area contributed by atoms with Gasteiger partial charge in [0.05, 0.1) is 11.7 Å². The van der Waals surface area contributed by atoms with E-state index in [9.17, 15) is 4.21 Å². The summed E-state index contributed by atoms with van der Waals surface area (Å²) in [4.78, 5) is 3.95. The van der Waals surface area contributed by atoms with Crippen LogP contribution in [-0.2, 0) is 10.8 Å². The Bertz CT molecular complexity index is 265. The highest BCUT2D eigenvalue weighted by atomic mass is 32.2. The van der Waals surface area contributed by atoms with Gasteiger partial charge in [0.2, 0.25) is 0 Å². The highest BCUT2D eigenvalue weighted by Crippen LogP contribution is 2.31. The van der Waals surface area contributed by atoms with E-state index >= 15 is 0 Å². The number of hydrogen-bond donors (Lipinski definition) is 0. The Morgan fingerprint density at radius 1 is 1.36 bits per heavy atom. The number of thiocarbonyl (C=S) groups is 1. The first-order chi connectivity index (χ1) is 6.21. The summed E-state index contributed by atoms with van der Waals surface area (Å²) in [7, 11) is -0.816. The zero-order valence-corrected chi connectivity index (χ0v) is 11.2. The quantitative estimate of drug-likeness (QED) is 0.540. The van der Waals surface area contributed by atoms with E-state index in [1.165, 1.54) is 0 Å². The van der Waals surface area contributed by atoms with E-state index in [0.29, 0.717) is 6.54 Å². The maximum atomic E-state index is 11.5. The van der Waals surface area contributed by atoms with Crippen molar-refractivity contribution in [3.63, 3.8) is 0 Å². The second-order valence-electron chi connectivity index (χ2n) is 4.96. The van der Waals surface area contributed by atoms with Crippen LogP contribution >= 0.6 is 12.2 Å². The van der Waals surface area contributed by atoms with Gasteiger partial charge in [-0.2, -0.15) is 0 Å². The lowest BCUT2D eigenvalue weighted by Crippen LogP contribution is -2.34. The molecule has 4 heteroatoms. The summed E-state index contributed by atoms with van der Waals surface area (Å²) < 4.78 is 11.3. The smallest absolute Gasteiger partial charge is 0.0585 e. The molecule has 0 saturated heterocycles. The van der Waals surface area contributed by atoms with E-state index < -0.39 is 10.8 Å². The third kappa shape index (κ3) is 4.99. The topological polar surface area (TPSA) is 29.4 Å². The molecule has 0 aromatic carbocycles. The molecule has 14 heavy (non-hydrogen) atoms. The standard InChI is InChI=1S/C10H19NOS2/c1-9(2,7-11-8-13)6-10(3,4)14(5)12/h6-7H2,1-5H3/t14-/m1/s1. The van der Waals surface area contributed by atoms with E-state index in [1.807, 2.05) is 13.8 Å². The van der Waals surface area contributed by atoms with Gasteiger partial charge in [-0.25, -0.2) is 4.99 Å². The van der Waals surface area contributed by atoms with Crippen molar-refractivity contribution in [3.8, 4) is 0 Å². The van der Waals surface area contributed by atoms with Crippen LogP contribution in [0, 0.1) is 5.41 Å². The molecule has 82 valence electrons. The summed E-state index contributed by atoms with van der Waals surface area (Å²) in [5, 5.41) is 2.37. The molecule has 0 rings (SSSR count). The van der Waals surface area contributed by atoms with Crippen LogP contribution in [0.15, 0.2) is 4.99 Å². The van der Waals surface area contributed by atoms with Crippen molar-refractivity contribution in [3.05, 3.63) is 0 Å². The second kappa shape index (κ2) is 5.15. The van der Waals surface area contributed by atoms with E-state index in [-0.39, 0.29) is 10.2 Å². The van der Waals surface area contributed by atoms with Gasteiger partial charge >= 0.3 is 0 Å². The SMILES string of the molecule is C[S@@](=O)C(C)(C)CC(C)(C)CN=C=S. The van der Waals surface area contributed by atoms with Gasteiger partial charge in [-0.05, 0) is 37.9 Å². The molecular formula is C10H19NOS2. The summed E-state index contributed by atoms with van der Waals surface area (Å²) in [5.74, 6) is 0. The van der Waals surface area contributed by atoms with Crippen molar-refractivity contribution in [2.24, 2.45) is 10.4 Å². The summed E-state index contributed by atoms with van der Waals surface area (Å²) in [6.45, 7) is 8.91. The number of nitrogens with zero attached hydrogens (tertiary/aromatic N) is 1. The first kappa shape index (κ1) is 13.9. The van der Waals surface area contributed by atoms with Gasteiger partial charge in [-0.15, -0.1) is 0 Å². The van der Waals surface area contributed by atoms with Gasteiger partial charge in [0.25, 0.3) is 0 Å². The lowest BCUT2D eigenvalue weighted by molar-refractivity contribution is 0.313. The first-order valence-corrected chi connectivity index (χ1v) is 6.55. The lowest BCUT2D eigenvalue weighted by Gasteiger charge is -2.32. The molecule has 0 aliphatic carbocycles. The lowest BCUT2D eigenvalue weighted by atomic mass is 9.84. The molecule has 0 heterocycles. The van der Waals surface area contributed by atoms with Crippen LogP contribution in [0.3, 0.4) is 0 Å². The highest BCUT2D eigenvalue weighted by Gasteiger charge is 2.31. The predicted octanol–water partition coefficient (Wildman–Crippen LogP) is 2.66. The Labute approximate surface area is 94.7 Å². The zero-order chi connectivity index (χ0) is 11.4. The minimum Gasteiger partial charge on any atom is -0.259 e. The normalized spacial score (nSPS) is 14.6. The first-order valence-electron chi connectivity index (χ1n) is 4.58. The molecule has 0 spiro atoms. The van der Waals surface area contributed by atoms with E-state index in [2.05, 4.69) is 36.2 Å². The molecular weight excluding hydrogens is 214 g/mol. The van der Waals surface area contributed by atoms with E-state index in [4.69, 9.17) is 0 Å². The maximum absolute atomic E-state index is 11.5. The molecule has 0 bridgehead atoms. The minimum absolute atomic E-state index is 0.0288. The van der Waals surface area contributed by atoms with Gasteiger partial charge in [0.15, 0.2) is 0 Å². The summed E-state index contributed by atoms with van der Waals surface area (Å²) in [6, 6.07) is 0. The van der Waals surface area contributed by atoms with Crippen molar-refractivity contribution < 1.29 is 4.21 Å². The molecule has 0 aromatic heterocycles. The molecule has 0 unspecified atom stereocenters. The van der Waals surface area contributed by atoms with Crippen LogP contribution in [0.1, 0.15) is 34.1 Å². The predicted molar refractivity (Wildman–Crippen MR) is 66.4 cm³/mol. The summed E-state index contributed by atoms with van der Waals surface area (Å²) in [6.07, 6.45) is 2.61. The molecule has 0 fully saturated rings. The Hall–Kier alpha value is -0.0500. The molecule has 0 aliphatic rings. The van der Waals surface area contributed by atoms with Gasteiger partial charge < -0.3 is 0 Å². The third-order valence-corrected chi connectivity index (χ3v) is 4.08. The van der Waals surface area contributed by atoms with Crippen LogP contribution < -0.4 is 0 Å².